The van der Waals surface area contributed by atoms with Gasteiger partial charge in [0, 0.05) is 17.7 Å². The van der Waals surface area contributed by atoms with Crippen molar-refractivity contribution in [2.45, 2.75) is 51.5 Å². The number of phenolic OH excluding ortho intramolecular Hbond substituents is 1. The molecule has 2 amide bonds. The van der Waals surface area contributed by atoms with E-state index in [0.29, 0.717) is 17.9 Å². The number of amides is 2. The lowest BCUT2D eigenvalue weighted by atomic mass is 9.96. The summed E-state index contributed by atoms with van der Waals surface area (Å²) in [5, 5.41) is 16.7. The van der Waals surface area contributed by atoms with Crippen LogP contribution in [0, 0.1) is 0 Å². The molecule has 0 heterocycles. The van der Waals surface area contributed by atoms with Crippen molar-refractivity contribution in [3.8, 4) is 11.5 Å². The Bertz CT molecular complexity index is 540. The third-order valence-electron chi connectivity index (χ3n) is 3.78. The number of hydrogen-bond donors (Lipinski definition) is 3. The van der Waals surface area contributed by atoms with E-state index in [1.54, 1.807) is 18.2 Å². The van der Waals surface area contributed by atoms with Crippen molar-refractivity contribution in [2.24, 2.45) is 5.10 Å². The van der Waals surface area contributed by atoms with Crippen LogP contribution in [0.25, 0.3) is 0 Å². The van der Waals surface area contributed by atoms with Gasteiger partial charge >= 0.3 is 6.03 Å². The molecule has 0 unspecified atom stereocenters. The second-order valence-corrected chi connectivity index (χ2v) is 5.75. The lowest BCUT2D eigenvalue weighted by Gasteiger charge is -2.22. The second kappa shape index (κ2) is 9.02. The van der Waals surface area contributed by atoms with Gasteiger partial charge in [-0.15, -0.1) is 0 Å². The van der Waals surface area contributed by atoms with E-state index in [1.807, 2.05) is 6.92 Å². The third-order valence-corrected chi connectivity index (χ3v) is 3.78. The van der Waals surface area contributed by atoms with Crippen molar-refractivity contribution in [1.29, 1.82) is 0 Å². The van der Waals surface area contributed by atoms with Crippen molar-refractivity contribution in [2.75, 3.05) is 6.61 Å². The number of ether oxygens (including phenoxy) is 1. The van der Waals surface area contributed by atoms with Gasteiger partial charge in [-0.2, -0.15) is 5.10 Å². The van der Waals surface area contributed by atoms with E-state index < -0.39 is 0 Å². The fourth-order valence-corrected chi connectivity index (χ4v) is 2.57. The molecule has 0 spiro atoms. The highest BCUT2D eigenvalue weighted by Gasteiger charge is 2.14. The molecule has 1 aromatic rings. The number of hydrazone groups is 1. The van der Waals surface area contributed by atoms with Crippen LogP contribution < -0.4 is 15.5 Å². The molecule has 1 saturated carbocycles. The van der Waals surface area contributed by atoms with Gasteiger partial charge in [0.2, 0.25) is 0 Å². The first kappa shape index (κ1) is 17.1. The average molecular weight is 319 g/mol. The number of rotatable bonds is 6. The van der Waals surface area contributed by atoms with E-state index in [1.165, 1.54) is 12.6 Å². The fourth-order valence-electron chi connectivity index (χ4n) is 2.57. The SMILES string of the molecule is CCCOc1ccc(/C=N/NC(=O)NC2CCCCC2)c(O)c1. The van der Waals surface area contributed by atoms with E-state index in [4.69, 9.17) is 4.74 Å². The minimum Gasteiger partial charge on any atom is -0.507 e. The topological polar surface area (TPSA) is 83.0 Å². The van der Waals surface area contributed by atoms with Gasteiger partial charge in [0.05, 0.1) is 12.8 Å². The molecule has 6 nitrogen and oxygen atoms in total. The fraction of sp³-hybridized carbons (Fsp3) is 0.529. The number of aromatic hydroxyl groups is 1. The van der Waals surface area contributed by atoms with Crippen LogP contribution in [-0.2, 0) is 0 Å². The van der Waals surface area contributed by atoms with Gasteiger partial charge in [0.25, 0.3) is 0 Å². The van der Waals surface area contributed by atoms with Crippen LogP contribution in [0.5, 0.6) is 11.5 Å². The first-order valence-corrected chi connectivity index (χ1v) is 8.24. The summed E-state index contributed by atoms with van der Waals surface area (Å²) in [6, 6.07) is 4.93. The predicted octanol–water partition coefficient (Wildman–Crippen LogP) is 3.15. The molecule has 6 heteroatoms. The maximum atomic E-state index is 11.7. The number of nitrogens with one attached hydrogen (secondary N) is 2. The van der Waals surface area contributed by atoms with Gasteiger partial charge in [-0.1, -0.05) is 26.2 Å². The lowest BCUT2D eigenvalue weighted by Crippen LogP contribution is -2.41. The van der Waals surface area contributed by atoms with Gasteiger partial charge in [0.1, 0.15) is 11.5 Å². The second-order valence-electron chi connectivity index (χ2n) is 5.75. The maximum Gasteiger partial charge on any atom is 0.335 e. The largest absolute Gasteiger partial charge is 0.507 e. The van der Waals surface area contributed by atoms with Crippen molar-refractivity contribution < 1.29 is 14.6 Å². The number of phenols is 1. The summed E-state index contributed by atoms with van der Waals surface area (Å²) >= 11 is 0. The zero-order valence-corrected chi connectivity index (χ0v) is 13.5. The quantitative estimate of drug-likeness (QED) is 0.556. The van der Waals surface area contributed by atoms with E-state index in [-0.39, 0.29) is 17.8 Å². The molecular weight excluding hydrogens is 294 g/mol. The van der Waals surface area contributed by atoms with Crippen LogP contribution in [-0.4, -0.2) is 30.0 Å². The molecule has 0 atom stereocenters. The van der Waals surface area contributed by atoms with E-state index in [9.17, 15) is 9.90 Å². The lowest BCUT2D eigenvalue weighted by molar-refractivity contribution is 0.233. The molecule has 126 valence electrons. The van der Waals surface area contributed by atoms with Crippen molar-refractivity contribution in [3.05, 3.63) is 23.8 Å². The highest BCUT2D eigenvalue weighted by molar-refractivity contribution is 5.85. The first-order valence-electron chi connectivity index (χ1n) is 8.24. The molecule has 3 N–H and O–H groups in total. The van der Waals surface area contributed by atoms with E-state index >= 15 is 0 Å². The standard InChI is InChI=1S/C17H25N3O3/c1-2-10-23-15-9-8-13(16(21)11-15)12-18-20-17(22)19-14-6-4-3-5-7-14/h8-9,11-12,14,21H,2-7,10H2,1H3,(H2,19,20,22)/b18-12+. The Morgan fingerprint density at radius 3 is 2.87 bits per heavy atom. The summed E-state index contributed by atoms with van der Waals surface area (Å²) in [4.78, 5) is 11.7. The monoisotopic (exact) mass is 319 g/mol. The Hall–Kier alpha value is -2.24. The number of benzene rings is 1. The summed E-state index contributed by atoms with van der Waals surface area (Å²) < 4.78 is 5.43. The first-order chi connectivity index (χ1) is 11.2. The van der Waals surface area contributed by atoms with Crippen LogP contribution in [0.15, 0.2) is 23.3 Å². The summed E-state index contributed by atoms with van der Waals surface area (Å²) in [5.74, 6) is 0.682. The van der Waals surface area contributed by atoms with Crippen molar-refractivity contribution >= 4 is 12.2 Å². The van der Waals surface area contributed by atoms with Crippen LogP contribution in [0.2, 0.25) is 0 Å². The summed E-state index contributed by atoms with van der Waals surface area (Å²) in [7, 11) is 0. The number of hydrogen-bond acceptors (Lipinski definition) is 4. The molecule has 1 fully saturated rings. The third kappa shape index (κ3) is 5.81. The summed E-state index contributed by atoms with van der Waals surface area (Å²) in [6.07, 6.45) is 7.94. The van der Waals surface area contributed by atoms with Gasteiger partial charge in [-0.05, 0) is 31.4 Å². The highest BCUT2D eigenvalue weighted by Crippen LogP contribution is 2.22. The highest BCUT2D eigenvalue weighted by atomic mass is 16.5. The van der Waals surface area contributed by atoms with E-state index in [0.717, 1.165) is 32.1 Å². The zero-order chi connectivity index (χ0) is 16.5. The number of carbonyl (C=O) groups is 1. The summed E-state index contributed by atoms with van der Waals surface area (Å²) in [5.41, 5.74) is 2.95. The normalized spacial score (nSPS) is 15.5. The molecule has 1 aliphatic rings. The Kier molecular flexibility index (Phi) is 6.72. The van der Waals surface area contributed by atoms with Crippen LogP contribution in [0.4, 0.5) is 4.79 Å². The molecule has 0 aromatic heterocycles. The predicted molar refractivity (Wildman–Crippen MR) is 90.0 cm³/mol. The van der Waals surface area contributed by atoms with Crippen LogP contribution >= 0.6 is 0 Å². The molecule has 1 aliphatic carbocycles. The van der Waals surface area contributed by atoms with Gasteiger partial charge in [-0.3, -0.25) is 0 Å². The van der Waals surface area contributed by atoms with Gasteiger partial charge in [-0.25, -0.2) is 10.2 Å². The van der Waals surface area contributed by atoms with Gasteiger partial charge < -0.3 is 15.2 Å². The minimum atomic E-state index is -0.310. The van der Waals surface area contributed by atoms with Crippen LogP contribution in [0.1, 0.15) is 51.0 Å². The molecule has 0 saturated heterocycles. The molecule has 23 heavy (non-hydrogen) atoms. The van der Waals surface area contributed by atoms with Gasteiger partial charge in [0.15, 0.2) is 0 Å². The molecule has 0 radical (unpaired) electrons. The molecule has 0 aliphatic heterocycles. The average Bonchev–Trinajstić information content (AvgIpc) is 2.55. The maximum absolute atomic E-state index is 11.7. The molecular formula is C17H25N3O3. The molecule has 0 bridgehead atoms. The minimum absolute atomic E-state index is 0.0665. The smallest absolute Gasteiger partial charge is 0.335 e. The van der Waals surface area contributed by atoms with Crippen molar-refractivity contribution in [3.63, 3.8) is 0 Å². The molecule has 2 rings (SSSR count). The Morgan fingerprint density at radius 1 is 1.39 bits per heavy atom. The zero-order valence-electron chi connectivity index (χ0n) is 13.5. The Morgan fingerprint density at radius 2 is 2.17 bits per heavy atom. The van der Waals surface area contributed by atoms with Crippen molar-refractivity contribution in [1.82, 2.24) is 10.7 Å². The number of carbonyl (C=O) groups excluding carboxylic acids is 1. The summed E-state index contributed by atoms with van der Waals surface area (Å²) in [6.45, 7) is 2.63. The van der Waals surface area contributed by atoms with E-state index in [2.05, 4.69) is 15.8 Å². The van der Waals surface area contributed by atoms with Crippen LogP contribution in [0.3, 0.4) is 0 Å². The Labute approximate surface area is 136 Å². The molecule has 1 aromatic carbocycles. The number of urea groups is 1. The Balaban J connectivity index is 1.81. The number of nitrogens with zero attached hydrogens (tertiary/aromatic N) is 1.